The summed E-state index contributed by atoms with van der Waals surface area (Å²) in [5.74, 6) is 0. The highest BCUT2D eigenvalue weighted by molar-refractivity contribution is 9.12. The molecular formula is C42H32BBr2N5O8S16. The van der Waals surface area contributed by atoms with E-state index in [2.05, 4.69) is 88.7 Å². The Morgan fingerprint density at radius 1 is 0.405 bits per heavy atom. The van der Waals surface area contributed by atoms with Gasteiger partial charge in [-0.3, -0.25) is 30.3 Å². The third kappa shape index (κ3) is 24.9. The largest absolute Gasteiger partial charge is 0.488 e. The van der Waals surface area contributed by atoms with Crippen molar-refractivity contribution in [1.82, 2.24) is 0 Å². The maximum Gasteiger partial charge on any atom is 0.488 e. The Morgan fingerprint density at radius 3 is 0.892 bits per heavy atom. The third-order valence-corrected chi connectivity index (χ3v) is 28.5. The van der Waals surface area contributed by atoms with E-state index in [1.165, 1.54) is 142 Å². The molecule has 5 aromatic carbocycles. The fourth-order valence-electron chi connectivity index (χ4n) is 5.20. The summed E-state index contributed by atoms with van der Waals surface area (Å²) < 4.78 is 2.33. The predicted octanol–water partition coefficient (Wildman–Crippen LogP) is 11.7. The van der Waals surface area contributed by atoms with Crippen molar-refractivity contribution >= 4 is 232 Å². The number of thiophene rings is 3. The molecular weight excluding hydrogens is 1390 g/mol. The van der Waals surface area contributed by atoms with Gasteiger partial charge < -0.3 is 21.5 Å². The van der Waals surface area contributed by atoms with E-state index in [0.29, 0.717) is 0 Å². The van der Waals surface area contributed by atoms with Crippen molar-refractivity contribution in [3.63, 3.8) is 0 Å². The highest BCUT2D eigenvalue weighted by Crippen LogP contribution is 2.37. The topological polar surface area (TPSA) is 222 Å². The maximum atomic E-state index is 10.7. The number of non-ortho nitro benzene ring substituents is 3. The number of hydrogen-bond acceptors (Lipinski definition) is 17. The van der Waals surface area contributed by atoms with Crippen LogP contribution in [0.5, 0.6) is 0 Å². The lowest BCUT2D eigenvalue weighted by atomic mass is 9.80. The lowest BCUT2D eigenvalue weighted by molar-refractivity contribution is -0.385. The van der Waals surface area contributed by atoms with Gasteiger partial charge in [0.25, 0.3) is 17.1 Å². The Bertz CT molecular complexity index is 3330. The lowest BCUT2D eigenvalue weighted by Crippen LogP contribution is -2.29. The van der Waals surface area contributed by atoms with Gasteiger partial charge in [0.1, 0.15) is 0 Å². The molecule has 6 N–H and O–H groups in total. The molecule has 0 aliphatic carbocycles. The van der Waals surface area contributed by atoms with E-state index in [-0.39, 0.29) is 22.5 Å². The predicted molar refractivity (Wildman–Crippen MR) is 351 cm³/mol. The van der Waals surface area contributed by atoms with Crippen LogP contribution < -0.4 is 16.9 Å². The fourth-order valence-corrected chi connectivity index (χ4v) is 23.4. The van der Waals surface area contributed by atoms with Crippen molar-refractivity contribution in [3.8, 4) is 41.8 Å². The average Bonchev–Trinajstić information content (AvgIpc) is 4.20. The van der Waals surface area contributed by atoms with Crippen LogP contribution in [0.1, 0.15) is 0 Å². The number of nitro benzene ring substituents is 3. The molecule has 0 bridgehead atoms. The van der Waals surface area contributed by atoms with Crippen molar-refractivity contribution in [2.75, 3.05) is 11.5 Å². The summed E-state index contributed by atoms with van der Waals surface area (Å²) in [6, 6.07) is 45.8. The minimum Gasteiger partial charge on any atom is -0.423 e. The Balaban J connectivity index is 0.000000253. The number of hydrogen-bond donors (Lipinski definition) is 4. The van der Waals surface area contributed by atoms with Crippen LogP contribution in [0, 0.1) is 30.3 Å². The number of rotatable bonds is 8. The molecule has 0 saturated heterocycles. The first-order valence-electron chi connectivity index (χ1n) is 19.4. The van der Waals surface area contributed by atoms with Crippen molar-refractivity contribution < 1.29 is 24.8 Å². The molecule has 0 atom stereocenters. The highest BCUT2D eigenvalue weighted by Gasteiger charge is 2.13. The molecule has 3 aromatic heterocycles. The highest BCUT2D eigenvalue weighted by atomic mass is 79.9. The van der Waals surface area contributed by atoms with Crippen LogP contribution in [0.15, 0.2) is 165 Å². The van der Waals surface area contributed by atoms with E-state index in [1.807, 2.05) is 72.8 Å². The van der Waals surface area contributed by atoms with Crippen molar-refractivity contribution in [1.29, 1.82) is 0 Å². The van der Waals surface area contributed by atoms with Crippen LogP contribution in [0.2, 0.25) is 0 Å². The molecule has 386 valence electrons. The minimum absolute atomic E-state index is 0.0564. The molecule has 32 heteroatoms. The molecule has 74 heavy (non-hydrogen) atoms. The molecule has 0 fully saturated rings. The second-order valence-electron chi connectivity index (χ2n) is 13.1. The van der Waals surface area contributed by atoms with Crippen molar-refractivity contribution in [2.45, 2.75) is 0 Å². The van der Waals surface area contributed by atoms with Gasteiger partial charge in [0.05, 0.1) is 22.3 Å². The molecule has 8 rings (SSSR count). The molecule has 0 spiro atoms. The van der Waals surface area contributed by atoms with Gasteiger partial charge in [-0.05, 0) is 145 Å². The van der Waals surface area contributed by atoms with Gasteiger partial charge in [0.2, 0.25) is 0 Å². The first-order valence-corrected chi connectivity index (χ1v) is 38.1. The molecule has 0 aliphatic heterocycles. The molecule has 0 amide bonds. The van der Waals surface area contributed by atoms with Crippen LogP contribution in [0.3, 0.4) is 0 Å². The molecule has 3 heterocycles. The Hall–Kier alpha value is -3.20. The summed E-state index contributed by atoms with van der Waals surface area (Å²) in [4.78, 5) is 34.5. The number of halogens is 2. The van der Waals surface area contributed by atoms with Crippen LogP contribution >= 0.6 is 65.9 Å². The fraction of sp³-hybridized carbons (Fsp3) is 0. The number of nitro groups is 3. The average molecular weight is 1420 g/mol. The Labute approximate surface area is 498 Å². The number of nitrogens with zero attached hydrogens (tertiary/aromatic N) is 3. The van der Waals surface area contributed by atoms with Gasteiger partial charge in [-0.15, -0.1) is 34.0 Å². The second-order valence-corrected chi connectivity index (χ2v) is 35.0. The van der Waals surface area contributed by atoms with Gasteiger partial charge in [0.15, 0.2) is 0 Å². The van der Waals surface area contributed by atoms with E-state index >= 15 is 0 Å². The number of nitrogens with two attached hydrogens (primary N) is 2. The molecule has 0 unspecified atom stereocenters. The van der Waals surface area contributed by atoms with Gasteiger partial charge >= 0.3 is 7.12 Å². The standard InChI is InChI=1S/C16H10N2O4S.C16H14N2S.C6H6BNO4.C4H2Br2S.S7.S6/c19-17(20)13-5-1-11(2-6-13)15-9-10-16(23-15)12-3-7-14(8-4-12)18(21)22;17-13-5-1-11(2-6-13)15-9-10-16(19-15)12-3-7-14(18)8-4-12;9-7(10)5-1-3-6(4-2-5)8(11)12;5-3-1-2-4(6)7-3;1-3-5-7-6-4-2;1-3-5-6-4-2/h1-10H;1-10H,17-18H2;1-4,9-10H;1-2H;;. The molecule has 0 radical (unpaired) electrons. The number of anilines is 2. The molecule has 8 aromatic rings. The normalized spacial score (nSPS) is 9.46. The second kappa shape index (κ2) is 36.8. The zero-order valence-electron chi connectivity index (χ0n) is 36.7. The number of nitrogen functional groups attached to an aromatic ring is 2. The monoisotopic (exact) mass is 1410 g/mol. The van der Waals surface area contributed by atoms with Crippen LogP contribution in [0.4, 0.5) is 28.4 Å². The summed E-state index contributed by atoms with van der Waals surface area (Å²) in [6.07, 6.45) is 0. The zero-order valence-corrected chi connectivity index (χ0v) is 53.0. The van der Waals surface area contributed by atoms with Gasteiger partial charge in [-0.2, -0.15) is 0 Å². The van der Waals surface area contributed by atoms with Gasteiger partial charge in [-0.25, -0.2) is 0 Å². The van der Waals surface area contributed by atoms with E-state index in [4.69, 9.17) is 21.5 Å². The van der Waals surface area contributed by atoms with Gasteiger partial charge in [-0.1, -0.05) is 36.4 Å². The smallest absolute Gasteiger partial charge is 0.423 e. The van der Waals surface area contributed by atoms with Crippen LogP contribution in [-0.2, 0) is 125 Å². The first-order chi connectivity index (χ1) is 35.5. The lowest BCUT2D eigenvalue weighted by Gasteiger charge is -1.99. The van der Waals surface area contributed by atoms with E-state index in [0.717, 1.165) is 32.3 Å². The van der Waals surface area contributed by atoms with Crippen LogP contribution in [0.25, 0.3) is 41.8 Å². The SMILES string of the molecule is Brc1ccc(Br)s1.Nc1ccc(-c2ccc(-c3ccc(N)cc3)s2)cc1.O=[N+]([O-])c1ccc(-c2ccc(-c3ccc([N+](=O)[O-])cc3)s2)cc1.O=[N+]([O-])c1ccc(B(O)O)cc1.S=S=S=S=S=S.S=S=S=S=S=S=S. The first kappa shape index (κ1) is 65.1. The maximum absolute atomic E-state index is 10.7. The number of benzene rings is 5. The molecule has 0 saturated carbocycles. The molecule has 13 nitrogen and oxygen atoms in total. The Morgan fingerprint density at radius 2 is 0.662 bits per heavy atom. The quantitative estimate of drug-likeness (QED) is 0.0481. The Kier molecular flexibility index (Phi) is 32.3. The molecule has 0 aliphatic rings. The van der Waals surface area contributed by atoms with E-state index < -0.39 is 21.9 Å². The minimum atomic E-state index is -1.58. The summed E-state index contributed by atoms with van der Waals surface area (Å²) in [5, 5.41) is 48.8. The van der Waals surface area contributed by atoms with E-state index in [1.54, 1.807) is 73.6 Å². The third-order valence-electron chi connectivity index (χ3n) is 8.46. The zero-order chi connectivity index (χ0) is 54.4. The van der Waals surface area contributed by atoms with Crippen LogP contribution in [-0.4, -0.2) is 31.9 Å². The summed E-state index contributed by atoms with van der Waals surface area (Å²) in [6.45, 7) is 0. The van der Waals surface area contributed by atoms with Crippen molar-refractivity contribution in [2.24, 2.45) is 0 Å². The van der Waals surface area contributed by atoms with Gasteiger partial charge in [0, 0.05) is 192 Å². The summed E-state index contributed by atoms with van der Waals surface area (Å²) >= 11 is 29.8. The summed E-state index contributed by atoms with van der Waals surface area (Å²) in [7, 11) is 11.4. The van der Waals surface area contributed by atoms with Crippen molar-refractivity contribution in [3.05, 3.63) is 196 Å². The summed E-state index contributed by atoms with van der Waals surface area (Å²) in [5.41, 5.74) is 17.5. The van der Waals surface area contributed by atoms with E-state index in [9.17, 15) is 30.3 Å².